The van der Waals surface area contributed by atoms with Crippen LogP contribution in [0.2, 0.25) is 0 Å². The average Bonchev–Trinajstić information content (AvgIpc) is 2.58. The highest BCUT2D eigenvalue weighted by molar-refractivity contribution is 5.50. The van der Waals surface area contributed by atoms with Crippen molar-refractivity contribution in [2.45, 2.75) is 5.92 Å². The fraction of sp³-hybridized carbons (Fsp3) is 0.111. The monoisotopic (exact) mass is 275 g/mol. The molecule has 3 aromatic rings. The number of rotatable bonds is 4. The largest absolute Gasteiger partial charge is 0.372 e. The van der Waals surface area contributed by atoms with E-state index in [1.807, 2.05) is 19.2 Å². The van der Waals surface area contributed by atoms with Crippen LogP contribution in [0.1, 0.15) is 22.7 Å². The van der Waals surface area contributed by atoms with Crippen molar-refractivity contribution >= 4 is 5.82 Å². The second-order valence-electron chi connectivity index (χ2n) is 4.79. The van der Waals surface area contributed by atoms with E-state index in [4.69, 9.17) is 0 Å². The SMILES string of the molecule is CNc1nccnc1C(c1ccccc1)c1ccccc1. The van der Waals surface area contributed by atoms with Gasteiger partial charge in [0.2, 0.25) is 0 Å². The lowest BCUT2D eigenvalue weighted by Gasteiger charge is -2.19. The van der Waals surface area contributed by atoms with Gasteiger partial charge in [0.15, 0.2) is 0 Å². The van der Waals surface area contributed by atoms with Crippen molar-refractivity contribution in [3.63, 3.8) is 0 Å². The number of aromatic nitrogens is 2. The first-order chi connectivity index (χ1) is 10.4. The van der Waals surface area contributed by atoms with Crippen molar-refractivity contribution < 1.29 is 0 Å². The van der Waals surface area contributed by atoms with Gasteiger partial charge >= 0.3 is 0 Å². The van der Waals surface area contributed by atoms with Crippen molar-refractivity contribution in [2.24, 2.45) is 0 Å². The van der Waals surface area contributed by atoms with Gasteiger partial charge in [-0.15, -0.1) is 0 Å². The number of nitrogens with zero attached hydrogens (tertiary/aromatic N) is 2. The molecular weight excluding hydrogens is 258 g/mol. The number of anilines is 1. The Morgan fingerprint density at radius 1 is 0.762 bits per heavy atom. The second-order valence-corrected chi connectivity index (χ2v) is 4.79. The van der Waals surface area contributed by atoms with E-state index in [1.54, 1.807) is 12.4 Å². The third-order valence-corrected chi connectivity index (χ3v) is 3.50. The topological polar surface area (TPSA) is 37.8 Å². The van der Waals surface area contributed by atoms with Crippen LogP contribution in [0.5, 0.6) is 0 Å². The van der Waals surface area contributed by atoms with E-state index in [9.17, 15) is 0 Å². The second kappa shape index (κ2) is 6.18. The summed E-state index contributed by atoms with van der Waals surface area (Å²) in [4.78, 5) is 8.97. The third-order valence-electron chi connectivity index (χ3n) is 3.50. The molecule has 1 N–H and O–H groups in total. The summed E-state index contributed by atoms with van der Waals surface area (Å²) in [6.07, 6.45) is 3.46. The number of nitrogens with one attached hydrogen (secondary N) is 1. The Morgan fingerprint density at radius 2 is 1.29 bits per heavy atom. The van der Waals surface area contributed by atoms with E-state index in [1.165, 1.54) is 11.1 Å². The van der Waals surface area contributed by atoms with Gasteiger partial charge in [0.1, 0.15) is 5.82 Å². The molecule has 104 valence electrons. The Hall–Kier alpha value is -2.68. The van der Waals surface area contributed by atoms with Crippen molar-refractivity contribution in [3.8, 4) is 0 Å². The maximum atomic E-state index is 4.58. The molecule has 0 saturated carbocycles. The van der Waals surface area contributed by atoms with E-state index in [0.29, 0.717) is 0 Å². The lowest BCUT2D eigenvalue weighted by atomic mass is 9.88. The summed E-state index contributed by atoms with van der Waals surface area (Å²) < 4.78 is 0. The molecule has 0 saturated heterocycles. The van der Waals surface area contributed by atoms with E-state index >= 15 is 0 Å². The summed E-state index contributed by atoms with van der Waals surface area (Å²) in [5, 5.41) is 3.14. The summed E-state index contributed by atoms with van der Waals surface area (Å²) in [6.45, 7) is 0. The zero-order chi connectivity index (χ0) is 14.5. The van der Waals surface area contributed by atoms with Crippen LogP contribution in [0.25, 0.3) is 0 Å². The van der Waals surface area contributed by atoms with Crippen LogP contribution in [0.3, 0.4) is 0 Å². The van der Waals surface area contributed by atoms with Gasteiger partial charge in [-0.3, -0.25) is 4.98 Å². The van der Waals surface area contributed by atoms with Crippen molar-refractivity contribution in [3.05, 3.63) is 89.9 Å². The minimum Gasteiger partial charge on any atom is -0.372 e. The molecule has 21 heavy (non-hydrogen) atoms. The summed E-state index contributed by atoms with van der Waals surface area (Å²) in [5.41, 5.74) is 3.36. The van der Waals surface area contributed by atoms with Crippen LogP contribution in [0.4, 0.5) is 5.82 Å². The van der Waals surface area contributed by atoms with E-state index in [-0.39, 0.29) is 5.92 Å². The zero-order valence-corrected chi connectivity index (χ0v) is 11.9. The molecule has 3 heteroatoms. The first-order valence-electron chi connectivity index (χ1n) is 6.98. The molecule has 0 bridgehead atoms. The Bertz CT molecular complexity index is 656. The number of hydrogen-bond acceptors (Lipinski definition) is 3. The molecule has 0 aliphatic heterocycles. The van der Waals surface area contributed by atoms with Gasteiger partial charge in [0, 0.05) is 19.4 Å². The maximum Gasteiger partial charge on any atom is 0.148 e. The zero-order valence-electron chi connectivity index (χ0n) is 11.9. The van der Waals surface area contributed by atoms with E-state index in [2.05, 4.69) is 63.8 Å². The molecule has 3 nitrogen and oxygen atoms in total. The Labute approximate surface area is 124 Å². The molecular formula is C18H17N3. The van der Waals surface area contributed by atoms with Gasteiger partial charge in [-0.05, 0) is 11.1 Å². The molecule has 2 aromatic carbocycles. The van der Waals surface area contributed by atoms with Gasteiger partial charge in [-0.25, -0.2) is 4.98 Å². The summed E-state index contributed by atoms with van der Waals surface area (Å²) in [7, 11) is 1.88. The van der Waals surface area contributed by atoms with Crippen LogP contribution < -0.4 is 5.32 Å². The normalized spacial score (nSPS) is 10.6. The number of benzene rings is 2. The van der Waals surface area contributed by atoms with Crippen molar-refractivity contribution in [1.82, 2.24) is 9.97 Å². The summed E-state index contributed by atoms with van der Waals surface area (Å²) >= 11 is 0. The van der Waals surface area contributed by atoms with Crippen LogP contribution >= 0.6 is 0 Å². The van der Waals surface area contributed by atoms with Gasteiger partial charge in [0.05, 0.1) is 11.6 Å². The summed E-state index contributed by atoms with van der Waals surface area (Å²) in [6, 6.07) is 20.8. The minimum absolute atomic E-state index is 0.0727. The van der Waals surface area contributed by atoms with E-state index < -0.39 is 0 Å². The lowest BCUT2D eigenvalue weighted by Crippen LogP contribution is -2.10. The van der Waals surface area contributed by atoms with Crippen molar-refractivity contribution in [1.29, 1.82) is 0 Å². The molecule has 0 spiro atoms. The fourth-order valence-corrected chi connectivity index (χ4v) is 2.55. The van der Waals surface area contributed by atoms with Crippen LogP contribution in [-0.4, -0.2) is 17.0 Å². The Kier molecular flexibility index (Phi) is 3.92. The molecule has 0 unspecified atom stereocenters. The van der Waals surface area contributed by atoms with Crippen LogP contribution in [0, 0.1) is 0 Å². The molecule has 0 amide bonds. The molecule has 1 heterocycles. The standard InChI is InChI=1S/C18H17N3/c1-19-18-17(20-12-13-21-18)16(14-8-4-2-5-9-14)15-10-6-3-7-11-15/h2-13,16H,1H3,(H,19,21). The van der Waals surface area contributed by atoms with E-state index in [0.717, 1.165) is 11.5 Å². The first-order valence-corrected chi connectivity index (χ1v) is 6.98. The highest BCUT2D eigenvalue weighted by Crippen LogP contribution is 2.33. The third kappa shape index (κ3) is 2.77. The molecule has 0 radical (unpaired) electrons. The predicted octanol–water partition coefficient (Wildman–Crippen LogP) is 3.70. The predicted molar refractivity (Wildman–Crippen MR) is 85.4 cm³/mol. The fourth-order valence-electron chi connectivity index (χ4n) is 2.55. The highest BCUT2D eigenvalue weighted by Gasteiger charge is 2.21. The average molecular weight is 275 g/mol. The molecule has 0 fully saturated rings. The van der Waals surface area contributed by atoms with Gasteiger partial charge in [0.25, 0.3) is 0 Å². The molecule has 0 aliphatic rings. The van der Waals surface area contributed by atoms with Gasteiger partial charge < -0.3 is 5.32 Å². The minimum atomic E-state index is 0.0727. The first kappa shape index (κ1) is 13.3. The van der Waals surface area contributed by atoms with Crippen molar-refractivity contribution in [2.75, 3.05) is 12.4 Å². The summed E-state index contributed by atoms with van der Waals surface area (Å²) in [5.74, 6) is 0.888. The lowest BCUT2D eigenvalue weighted by molar-refractivity contribution is 0.903. The van der Waals surface area contributed by atoms with Gasteiger partial charge in [-0.1, -0.05) is 60.7 Å². The Morgan fingerprint density at radius 3 is 1.81 bits per heavy atom. The van der Waals surface area contributed by atoms with Crippen LogP contribution in [0.15, 0.2) is 73.1 Å². The number of hydrogen-bond donors (Lipinski definition) is 1. The molecule has 0 aliphatic carbocycles. The molecule has 3 rings (SSSR count). The maximum absolute atomic E-state index is 4.58. The Balaban J connectivity index is 2.17. The van der Waals surface area contributed by atoms with Gasteiger partial charge in [-0.2, -0.15) is 0 Å². The molecule has 0 atom stereocenters. The smallest absolute Gasteiger partial charge is 0.148 e. The highest BCUT2D eigenvalue weighted by atomic mass is 15.0. The molecule has 1 aromatic heterocycles. The van der Waals surface area contributed by atoms with Crippen LogP contribution in [-0.2, 0) is 0 Å². The quantitative estimate of drug-likeness (QED) is 0.789.